The number of hydrogen-bond donors (Lipinski definition) is 2. The summed E-state index contributed by atoms with van der Waals surface area (Å²) in [6, 6.07) is 10.1. The summed E-state index contributed by atoms with van der Waals surface area (Å²) >= 11 is 0. The largest absolute Gasteiger partial charge is 0.481 e. The van der Waals surface area contributed by atoms with Crippen molar-refractivity contribution in [1.82, 2.24) is 5.32 Å². The highest BCUT2D eigenvalue weighted by atomic mass is 16.4. The van der Waals surface area contributed by atoms with Gasteiger partial charge in [-0.05, 0) is 5.56 Å². The zero-order valence-corrected chi connectivity index (χ0v) is 8.52. The van der Waals surface area contributed by atoms with Crippen molar-refractivity contribution in [2.24, 2.45) is 0 Å². The van der Waals surface area contributed by atoms with Gasteiger partial charge >= 0.3 is 5.97 Å². The number of carboxylic acids is 1. The molecule has 1 aromatic rings. The van der Waals surface area contributed by atoms with Gasteiger partial charge in [0.1, 0.15) is 0 Å². The van der Waals surface area contributed by atoms with E-state index in [9.17, 15) is 4.79 Å². The number of rotatable bonds is 6. The Morgan fingerprint density at radius 1 is 1.27 bits per heavy atom. The Balaban J connectivity index is 2.12. The summed E-state index contributed by atoms with van der Waals surface area (Å²) in [5.41, 5.74) is 1.23. The quantitative estimate of drug-likeness (QED) is 0.550. The van der Waals surface area contributed by atoms with E-state index in [4.69, 9.17) is 5.11 Å². The van der Waals surface area contributed by atoms with E-state index in [1.54, 1.807) is 6.08 Å². The molecule has 0 unspecified atom stereocenters. The van der Waals surface area contributed by atoms with Crippen LogP contribution in [0.4, 0.5) is 0 Å². The fraction of sp³-hybridized carbons (Fsp3) is 0.250. The molecular weight excluding hydrogens is 190 g/mol. The summed E-state index contributed by atoms with van der Waals surface area (Å²) in [4.78, 5) is 10.2. The van der Waals surface area contributed by atoms with Crippen molar-refractivity contribution in [2.45, 2.75) is 13.0 Å². The molecule has 1 aromatic carbocycles. The van der Waals surface area contributed by atoms with Crippen LogP contribution in [0, 0.1) is 0 Å². The molecule has 0 fully saturated rings. The van der Waals surface area contributed by atoms with E-state index in [0.29, 0.717) is 6.54 Å². The topological polar surface area (TPSA) is 49.3 Å². The van der Waals surface area contributed by atoms with Crippen molar-refractivity contribution in [3.8, 4) is 0 Å². The van der Waals surface area contributed by atoms with Crippen LogP contribution in [0.15, 0.2) is 42.5 Å². The predicted molar refractivity (Wildman–Crippen MR) is 59.5 cm³/mol. The Bertz CT molecular complexity index is 320. The molecule has 0 saturated heterocycles. The molecule has 0 radical (unpaired) electrons. The molecular formula is C12H15NO2. The third kappa shape index (κ3) is 5.65. The molecule has 3 heteroatoms. The minimum absolute atomic E-state index is 0.0903. The van der Waals surface area contributed by atoms with E-state index in [1.165, 1.54) is 5.56 Å². The van der Waals surface area contributed by atoms with Gasteiger partial charge in [-0.1, -0.05) is 42.5 Å². The van der Waals surface area contributed by atoms with E-state index < -0.39 is 5.97 Å². The Morgan fingerprint density at radius 3 is 2.67 bits per heavy atom. The Labute approximate surface area is 89.4 Å². The molecule has 80 valence electrons. The van der Waals surface area contributed by atoms with Gasteiger partial charge in [-0.25, -0.2) is 0 Å². The Hall–Kier alpha value is -1.61. The molecule has 0 aliphatic heterocycles. The number of carboxylic acid groups (broad SMARTS) is 1. The van der Waals surface area contributed by atoms with Gasteiger partial charge in [0.2, 0.25) is 0 Å². The highest BCUT2D eigenvalue weighted by molar-refractivity contribution is 5.68. The smallest absolute Gasteiger partial charge is 0.307 e. The van der Waals surface area contributed by atoms with Crippen molar-refractivity contribution in [2.75, 3.05) is 6.54 Å². The molecule has 0 atom stereocenters. The lowest BCUT2D eigenvalue weighted by molar-refractivity contribution is -0.136. The van der Waals surface area contributed by atoms with E-state index in [-0.39, 0.29) is 6.42 Å². The molecule has 0 aromatic heterocycles. The van der Waals surface area contributed by atoms with Crippen LogP contribution in [-0.2, 0) is 11.3 Å². The van der Waals surface area contributed by atoms with E-state index in [1.807, 2.05) is 36.4 Å². The standard InChI is InChI=1S/C12H15NO2/c14-12(15)8-4-5-9-13-10-11-6-2-1-3-7-11/h1-7,13H,8-10H2,(H,14,15). The summed E-state index contributed by atoms with van der Waals surface area (Å²) in [6.45, 7) is 1.50. The second kappa shape index (κ2) is 6.79. The molecule has 3 nitrogen and oxygen atoms in total. The second-order valence-electron chi connectivity index (χ2n) is 3.19. The van der Waals surface area contributed by atoms with Crippen molar-refractivity contribution in [3.05, 3.63) is 48.0 Å². The second-order valence-corrected chi connectivity index (χ2v) is 3.19. The first-order valence-corrected chi connectivity index (χ1v) is 4.90. The minimum atomic E-state index is -0.797. The third-order valence-electron chi connectivity index (χ3n) is 1.89. The van der Waals surface area contributed by atoms with Gasteiger partial charge in [0.15, 0.2) is 0 Å². The maximum absolute atomic E-state index is 10.2. The highest BCUT2D eigenvalue weighted by Gasteiger charge is 1.90. The van der Waals surface area contributed by atoms with Crippen LogP contribution in [0.25, 0.3) is 0 Å². The highest BCUT2D eigenvalue weighted by Crippen LogP contribution is 1.96. The van der Waals surface area contributed by atoms with Crippen LogP contribution in [-0.4, -0.2) is 17.6 Å². The normalized spacial score (nSPS) is 10.7. The van der Waals surface area contributed by atoms with Gasteiger partial charge in [-0.15, -0.1) is 0 Å². The van der Waals surface area contributed by atoms with Gasteiger partial charge in [-0.2, -0.15) is 0 Å². The summed E-state index contributed by atoms with van der Waals surface area (Å²) in [6.07, 6.45) is 3.57. The molecule has 0 amide bonds. The molecule has 0 bridgehead atoms. The van der Waals surface area contributed by atoms with Crippen molar-refractivity contribution in [3.63, 3.8) is 0 Å². The maximum atomic E-state index is 10.2. The molecule has 0 spiro atoms. The first-order valence-electron chi connectivity index (χ1n) is 4.90. The predicted octanol–water partition coefficient (Wildman–Crippen LogP) is 1.81. The van der Waals surface area contributed by atoms with Crippen LogP contribution in [0.2, 0.25) is 0 Å². The lowest BCUT2D eigenvalue weighted by Crippen LogP contribution is -2.12. The van der Waals surface area contributed by atoms with Gasteiger partial charge in [0, 0.05) is 13.1 Å². The molecule has 0 aliphatic carbocycles. The summed E-state index contributed by atoms with van der Waals surface area (Å²) in [5, 5.41) is 11.6. The number of benzene rings is 1. The monoisotopic (exact) mass is 205 g/mol. The van der Waals surface area contributed by atoms with Gasteiger partial charge < -0.3 is 10.4 Å². The maximum Gasteiger partial charge on any atom is 0.307 e. The van der Waals surface area contributed by atoms with E-state index in [2.05, 4.69) is 5.32 Å². The van der Waals surface area contributed by atoms with Gasteiger partial charge in [0.25, 0.3) is 0 Å². The number of nitrogens with one attached hydrogen (secondary N) is 1. The van der Waals surface area contributed by atoms with Crippen molar-refractivity contribution in [1.29, 1.82) is 0 Å². The minimum Gasteiger partial charge on any atom is -0.481 e. The molecule has 0 saturated carbocycles. The molecule has 1 rings (SSSR count). The fourth-order valence-corrected chi connectivity index (χ4v) is 1.16. The zero-order chi connectivity index (χ0) is 10.9. The van der Waals surface area contributed by atoms with E-state index in [0.717, 1.165) is 6.54 Å². The van der Waals surface area contributed by atoms with Gasteiger partial charge in [0.05, 0.1) is 6.42 Å². The van der Waals surface area contributed by atoms with Crippen LogP contribution < -0.4 is 5.32 Å². The number of aliphatic carboxylic acids is 1. The molecule has 15 heavy (non-hydrogen) atoms. The summed E-state index contributed by atoms with van der Waals surface area (Å²) in [7, 11) is 0. The van der Waals surface area contributed by atoms with Crippen molar-refractivity contribution < 1.29 is 9.90 Å². The van der Waals surface area contributed by atoms with Gasteiger partial charge in [-0.3, -0.25) is 4.79 Å². The lowest BCUT2D eigenvalue weighted by Gasteiger charge is -2.00. The lowest BCUT2D eigenvalue weighted by atomic mass is 10.2. The average molecular weight is 205 g/mol. The first-order chi connectivity index (χ1) is 7.29. The van der Waals surface area contributed by atoms with Crippen molar-refractivity contribution >= 4 is 5.97 Å². The Morgan fingerprint density at radius 2 is 2.00 bits per heavy atom. The number of carbonyl (C=O) groups is 1. The SMILES string of the molecule is O=C(O)CC=CCNCc1ccccc1. The first kappa shape index (κ1) is 11.5. The summed E-state index contributed by atoms with van der Waals surface area (Å²) in [5.74, 6) is -0.797. The van der Waals surface area contributed by atoms with Crippen LogP contribution >= 0.6 is 0 Å². The molecule has 0 aliphatic rings. The van der Waals surface area contributed by atoms with E-state index >= 15 is 0 Å². The molecule has 2 N–H and O–H groups in total. The fourth-order valence-electron chi connectivity index (χ4n) is 1.16. The van der Waals surface area contributed by atoms with Crippen LogP contribution in [0.1, 0.15) is 12.0 Å². The van der Waals surface area contributed by atoms with Crippen LogP contribution in [0.5, 0.6) is 0 Å². The summed E-state index contributed by atoms with van der Waals surface area (Å²) < 4.78 is 0. The zero-order valence-electron chi connectivity index (χ0n) is 8.52. The third-order valence-corrected chi connectivity index (χ3v) is 1.89. The Kier molecular flexibility index (Phi) is 5.19. The number of hydrogen-bond acceptors (Lipinski definition) is 2. The van der Waals surface area contributed by atoms with Crippen LogP contribution in [0.3, 0.4) is 0 Å². The molecule has 0 heterocycles. The average Bonchev–Trinajstić information content (AvgIpc) is 2.24.